The van der Waals surface area contributed by atoms with Gasteiger partial charge in [-0.3, -0.25) is 9.59 Å². The number of thioether (sulfide) groups is 1. The molecule has 0 atom stereocenters. The van der Waals surface area contributed by atoms with E-state index in [4.69, 9.17) is 4.74 Å². The number of aromatic nitrogens is 2. The maximum absolute atomic E-state index is 12.6. The van der Waals surface area contributed by atoms with E-state index in [2.05, 4.69) is 15.7 Å². The van der Waals surface area contributed by atoms with Gasteiger partial charge in [0.15, 0.2) is 0 Å². The number of anilines is 1. The predicted molar refractivity (Wildman–Crippen MR) is 106 cm³/mol. The molecule has 0 saturated heterocycles. The summed E-state index contributed by atoms with van der Waals surface area (Å²) in [7, 11) is 1.61. The van der Waals surface area contributed by atoms with Crippen LogP contribution in [0.25, 0.3) is 0 Å². The summed E-state index contributed by atoms with van der Waals surface area (Å²) in [5, 5.41) is 10.3. The van der Waals surface area contributed by atoms with Crippen molar-refractivity contribution < 1.29 is 14.3 Å². The molecule has 3 rings (SSSR count). The van der Waals surface area contributed by atoms with Gasteiger partial charge in [0, 0.05) is 23.6 Å². The Labute approximate surface area is 162 Å². The van der Waals surface area contributed by atoms with Crippen LogP contribution in [0.3, 0.4) is 0 Å². The van der Waals surface area contributed by atoms with E-state index in [-0.39, 0.29) is 24.8 Å². The first-order chi connectivity index (χ1) is 13.1. The Kier molecular flexibility index (Phi) is 6.39. The summed E-state index contributed by atoms with van der Waals surface area (Å²) in [6.07, 6.45) is 1.13. The maximum atomic E-state index is 12.6. The van der Waals surface area contributed by atoms with Crippen LogP contribution in [0.15, 0.2) is 24.3 Å². The van der Waals surface area contributed by atoms with Crippen LogP contribution in [-0.2, 0) is 34.1 Å². The molecule has 2 heterocycles. The van der Waals surface area contributed by atoms with Gasteiger partial charge in [-0.15, -0.1) is 0 Å². The van der Waals surface area contributed by atoms with Gasteiger partial charge in [-0.05, 0) is 24.1 Å². The highest BCUT2D eigenvalue weighted by atomic mass is 32.2. The zero-order valence-corrected chi connectivity index (χ0v) is 16.4. The van der Waals surface area contributed by atoms with Crippen LogP contribution < -0.4 is 15.4 Å². The van der Waals surface area contributed by atoms with Gasteiger partial charge in [0.25, 0.3) is 0 Å². The lowest BCUT2D eigenvalue weighted by Gasteiger charge is -2.11. The highest BCUT2D eigenvalue weighted by Crippen LogP contribution is 2.34. The first-order valence-electron chi connectivity index (χ1n) is 8.96. The second-order valence-corrected chi connectivity index (χ2v) is 7.33. The number of nitrogens with one attached hydrogen (secondary N) is 2. The van der Waals surface area contributed by atoms with E-state index in [1.807, 2.05) is 31.2 Å². The summed E-state index contributed by atoms with van der Waals surface area (Å²) in [6, 6.07) is 7.40. The number of carbonyl (C=O) groups is 2. The Hall–Kier alpha value is -2.48. The van der Waals surface area contributed by atoms with Crippen LogP contribution in [0.1, 0.15) is 30.2 Å². The third-order valence-electron chi connectivity index (χ3n) is 4.27. The van der Waals surface area contributed by atoms with Gasteiger partial charge in [0.2, 0.25) is 11.8 Å². The molecule has 0 spiro atoms. The maximum Gasteiger partial charge on any atom is 0.241 e. The standard InChI is InChI=1S/C19H24N4O3S/c1-3-8-20-18(25)10-23-19(15-11-27-12-16(15)22-23)21-17(24)9-13-4-6-14(26-2)7-5-13/h4-7H,3,8-12H2,1-2H3,(H,20,25)(H,21,24). The number of rotatable bonds is 8. The number of benzene rings is 1. The van der Waals surface area contributed by atoms with Crippen molar-refractivity contribution in [1.29, 1.82) is 0 Å². The summed E-state index contributed by atoms with van der Waals surface area (Å²) in [5.74, 6) is 2.77. The van der Waals surface area contributed by atoms with Crippen molar-refractivity contribution in [3.8, 4) is 5.75 Å². The molecule has 0 aliphatic carbocycles. The summed E-state index contributed by atoms with van der Waals surface area (Å²) in [6.45, 7) is 2.75. The van der Waals surface area contributed by atoms with Gasteiger partial charge in [-0.25, -0.2) is 4.68 Å². The quantitative estimate of drug-likeness (QED) is 0.725. The third kappa shape index (κ3) is 4.82. The molecule has 2 aromatic rings. The molecule has 144 valence electrons. The van der Waals surface area contributed by atoms with Gasteiger partial charge < -0.3 is 15.4 Å². The first kappa shape index (κ1) is 19.3. The summed E-state index contributed by atoms with van der Waals surface area (Å²) in [4.78, 5) is 24.6. The number of amides is 2. The fourth-order valence-corrected chi connectivity index (χ4v) is 3.92. The summed E-state index contributed by atoms with van der Waals surface area (Å²) in [5.41, 5.74) is 2.86. The Morgan fingerprint density at radius 2 is 2.00 bits per heavy atom. The lowest BCUT2D eigenvalue weighted by Crippen LogP contribution is -2.29. The molecule has 0 unspecified atom stereocenters. The Morgan fingerprint density at radius 3 is 2.70 bits per heavy atom. The third-order valence-corrected chi connectivity index (χ3v) is 5.24. The number of fused-ring (bicyclic) bond motifs is 1. The Bertz CT molecular complexity index is 817. The van der Waals surface area contributed by atoms with Crippen LogP contribution in [0, 0.1) is 0 Å². The molecule has 1 aliphatic rings. The van der Waals surface area contributed by atoms with Crippen LogP contribution in [0.2, 0.25) is 0 Å². The minimum Gasteiger partial charge on any atom is -0.497 e. The van der Waals surface area contributed by atoms with Gasteiger partial charge >= 0.3 is 0 Å². The van der Waals surface area contributed by atoms with Crippen molar-refractivity contribution in [2.75, 3.05) is 19.0 Å². The van der Waals surface area contributed by atoms with Crippen LogP contribution in [-0.4, -0.2) is 35.2 Å². The molecule has 2 amide bonds. The van der Waals surface area contributed by atoms with E-state index in [1.165, 1.54) is 0 Å². The smallest absolute Gasteiger partial charge is 0.241 e. The van der Waals surface area contributed by atoms with Gasteiger partial charge in [0.05, 0.1) is 19.2 Å². The van der Waals surface area contributed by atoms with Crippen LogP contribution in [0.5, 0.6) is 5.75 Å². The molecule has 0 fully saturated rings. The van der Waals surface area contributed by atoms with Crippen molar-refractivity contribution in [1.82, 2.24) is 15.1 Å². The van der Waals surface area contributed by atoms with E-state index in [0.29, 0.717) is 12.4 Å². The van der Waals surface area contributed by atoms with E-state index < -0.39 is 0 Å². The molecule has 1 aliphatic heterocycles. The number of carbonyl (C=O) groups excluding carboxylic acids is 2. The fourth-order valence-electron chi connectivity index (χ4n) is 2.88. The molecule has 0 radical (unpaired) electrons. The molecule has 1 aromatic heterocycles. The molecule has 0 saturated carbocycles. The fraction of sp³-hybridized carbons (Fsp3) is 0.421. The van der Waals surface area contributed by atoms with Gasteiger partial charge in [-0.1, -0.05) is 19.1 Å². The molecule has 0 bridgehead atoms. The Morgan fingerprint density at radius 1 is 1.22 bits per heavy atom. The largest absolute Gasteiger partial charge is 0.497 e. The predicted octanol–water partition coefficient (Wildman–Crippen LogP) is 2.35. The van der Waals surface area contributed by atoms with E-state index in [1.54, 1.807) is 23.6 Å². The van der Waals surface area contributed by atoms with E-state index in [9.17, 15) is 9.59 Å². The van der Waals surface area contributed by atoms with Crippen LogP contribution >= 0.6 is 11.8 Å². The monoisotopic (exact) mass is 388 g/mol. The minimum absolute atomic E-state index is 0.101. The van der Waals surface area contributed by atoms with Crippen molar-refractivity contribution in [2.45, 2.75) is 37.8 Å². The average molecular weight is 388 g/mol. The van der Waals surface area contributed by atoms with E-state index in [0.717, 1.165) is 40.5 Å². The molecule has 1 aromatic carbocycles. The van der Waals surface area contributed by atoms with Gasteiger partial charge in [-0.2, -0.15) is 16.9 Å². The van der Waals surface area contributed by atoms with Crippen molar-refractivity contribution in [3.05, 3.63) is 41.1 Å². The second kappa shape index (κ2) is 8.94. The molecule has 27 heavy (non-hydrogen) atoms. The minimum atomic E-state index is -0.130. The van der Waals surface area contributed by atoms with Crippen molar-refractivity contribution in [3.63, 3.8) is 0 Å². The normalized spacial score (nSPS) is 12.5. The second-order valence-electron chi connectivity index (χ2n) is 6.35. The zero-order chi connectivity index (χ0) is 19.2. The number of hydrogen-bond donors (Lipinski definition) is 2. The molecular weight excluding hydrogens is 364 g/mol. The Balaban J connectivity index is 1.70. The first-order valence-corrected chi connectivity index (χ1v) is 10.1. The molecule has 2 N–H and O–H groups in total. The highest BCUT2D eigenvalue weighted by Gasteiger charge is 2.24. The lowest BCUT2D eigenvalue weighted by molar-refractivity contribution is -0.122. The summed E-state index contributed by atoms with van der Waals surface area (Å²) < 4.78 is 6.75. The SMILES string of the molecule is CCCNC(=O)Cn1nc2c(c1NC(=O)Cc1ccc(OC)cc1)CSC2. The number of hydrogen-bond acceptors (Lipinski definition) is 5. The molecule has 7 nitrogen and oxygen atoms in total. The van der Waals surface area contributed by atoms with Crippen molar-refractivity contribution >= 4 is 29.4 Å². The van der Waals surface area contributed by atoms with Crippen LogP contribution in [0.4, 0.5) is 5.82 Å². The lowest BCUT2D eigenvalue weighted by atomic mass is 10.1. The average Bonchev–Trinajstić information content (AvgIpc) is 3.23. The number of methoxy groups -OCH3 is 1. The molecule has 8 heteroatoms. The van der Waals surface area contributed by atoms with Crippen molar-refractivity contribution in [2.24, 2.45) is 0 Å². The van der Waals surface area contributed by atoms with E-state index >= 15 is 0 Å². The molecular formula is C19H24N4O3S. The highest BCUT2D eigenvalue weighted by molar-refractivity contribution is 7.98. The number of nitrogens with zero attached hydrogens (tertiary/aromatic N) is 2. The van der Waals surface area contributed by atoms with Gasteiger partial charge in [0.1, 0.15) is 18.1 Å². The topological polar surface area (TPSA) is 85.3 Å². The summed E-state index contributed by atoms with van der Waals surface area (Å²) >= 11 is 1.76. The zero-order valence-electron chi connectivity index (χ0n) is 15.6. The number of ether oxygens (including phenoxy) is 1.